The van der Waals surface area contributed by atoms with Crippen molar-refractivity contribution in [3.05, 3.63) is 87.3 Å². The molecule has 39 heavy (non-hydrogen) atoms. The van der Waals surface area contributed by atoms with Gasteiger partial charge in [-0.3, -0.25) is 4.79 Å². The third kappa shape index (κ3) is 4.82. The number of aryl methyl sites for hydroxylation is 2. The molecule has 0 spiro atoms. The van der Waals surface area contributed by atoms with Crippen molar-refractivity contribution in [3.63, 3.8) is 0 Å². The Morgan fingerprint density at radius 3 is 2.77 bits per heavy atom. The highest BCUT2D eigenvalue weighted by molar-refractivity contribution is 5.87. The summed E-state index contributed by atoms with van der Waals surface area (Å²) in [7, 11) is 0. The number of amides is 1. The molecule has 1 amide bonds. The van der Waals surface area contributed by atoms with Gasteiger partial charge in [-0.15, -0.1) is 0 Å². The van der Waals surface area contributed by atoms with E-state index in [1.165, 1.54) is 5.39 Å². The molecule has 2 aliphatic rings. The molecule has 6 nitrogen and oxygen atoms in total. The van der Waals surface area contributed by atoms with Crippen LogP contribution in [-0.2, 0) is 17.8 Å². The monoisotopic (exact) mass is 525 g/mol. The number of aliphatic hydroxyl groups is 1. The van der Waals surface area contributed by atoms with Crippen LogP contribution in [0.1, 0.15) is 54.4 Å². The molecule has 0 bridgehead atoms. The average molecular weight is 526 g/mol. The molecule has 2 fully saturated rings. The molecule has 2 heterocycles. The topological polar surface area (TPSA) is 80.0 Å². The van der Waals surface area contributed by atoms with E-state index in [9.17, 15) is 14.7 Å². The Hall–Kier alpha value is -3.64. The van der Waals surface area contributed by atoms with E-state index in [-0.39, 0.29) is 18.2 Å². The molecule has 1 N–H and O–H groups in total. The molecule has 3 aromatic carbocycles. The maximum atomic E-state index is 13.2. The second-order valence-electron chi connectivity index (χ2n) is 11.3. The van der Waals surface area contributed by atoms with Crippen molar-refractivity contribution >= 4 is 27.6 Å². The number of carbonyl (C=O) groups is 1. The van der Waals surface area contributed by atoms with E-state index < -0.39 is 11.2 Å². The molecule has 1 unspecified atom stereocenters. The van der Waals surface area contributed by atoms with Gasteiger partial charge in [-0.05, 0) is 67.1 Å². The van der Waals surface area contributed by atoms with Crippen molar-refractivity contribution in [2.75, 3.05) is 13.1 Å². The Balaban J connectivity index is 1.20. The molecule has 4 aromatic rings. The van der Waals surface area contributed by atoms with E-state index in [1.54, 1.807) is 6.07 Å². The number of piperidine rings is 1. The number of hydrogen-bond donors (Lipinski definition) is 1. The largest absolute Gasteiger partial charge is 0.489 e. The van der Waals surface area contributed by atoms with Crippen LogP contribution in [0.5, 0.6) is 5.75 Å². The summed E-state index contributed by atoms with van der Waals surface area (Å²) in [6, 6.07) is 18.0. The van der Waals surface area contributed by atoms with Crippen LogP contribution >= 0.6 is 0 Å². The van der Waals surface area contributed by atoms with Gasteiger partial charge in [0.25, 0.3) is 0 Å². The molecule has 1 aliphatic carbocycles. The second kappa shape index (κ2) is 10.2. The van der Waals surface area contributed by atoms with E-state index in [0.29, 0.717) is 43.0 Å². The first-order valence-electron chi connectivity index (χ1n) is 14.0. The van der Waals surface area contributed by atoms with Crippen LogP contribution in [0, 0.1) is 19.8 Å². The Morgan fingerprint density at radius 2 is 1.90 bits per heavy atom. The summed E-state index contributed by atoms with van der Waals surface area (Å²) < 4.78 is 11.9. The lowest BCUT2D eigenvalue weighted by molar-refractivity contribution is -0.142. The first-order valence-corrected chi connectivity index (χ1v) is 14.0. The molecule has 2 atom stereocenters. The number of nitrogens with zero attached hydrogens (tertiary/aromatic N) is 1. The van der Waals surface area contributed by atoms with Gasteiger partial charge in [0.15, 0.2) is 0 Å². The van der Waals surface area contributed by atoms with Gasteiger partial charge >= 0.3 is 5.63 Å². The van der Waals surface area contributed by atoms with Crippen molar-refractivity contribution in [2.24, 2.45) is 5.92 Å². The summed E-state index contributed by atoms with van der Waals surface area (Å²) in [5, 5.41) is 14.1. The number of rotatable bonds is 5. The Morgan fingerprint density at radius 1 is 1.05 bits per heavy atom. The normalized spacial score (nSPS) is 21.2. The van der Waals surface area contributed by atoms with Crippen LogP contribution in [0.3, 0.4) is 0 Å². The summed E-state index contributed by atoms with van der Waals surface area (Å²) in [5.41, 5.74) is 2.78. The molecule has 1 aromatic heterocycles. The minimum absolute atomic E-state index is 0.00780. The Bertz CT molecular complexity index is 1620. The first-order chi connectivity index (χ1) is 18.8. The van der Waals surface area contributed by atoms with E-state index >= 15 is 0 Å². The quantitative estimate of drug-likeness (QED) is 0.331. The zero-order chi connectivity index (χ0) is 27.1. The molecule has 1 saturated heterocycles. The molecule has 202 valence electrons. The van der Waals surface area contributed by atoms with Crippen LogP contribution in [-0.4, -0.2) is 34.6 Å². The number of carbonyl (C=O) groups excluding carboxylic acids is 1. The highest BCUT2D eigenvalue weighted by Crippen LogP contribution is 2.40. The lowest BCUT2D eigenvalue weighted by Crippen LogP contribution is -2.55. The van der Waals surface area contributed by atoms with Crippen molar-refractivity contribution in [1.29, 1.82) is 0 Å². The van der Waals surface area contributed by atoms with Crippen molar-refractivity contribution in [1.82, 2.24) is 4.90 Å². The predicted octanol–water partition coefficient (Wildman–Crippen LogP) is 5.84. The van der Waals surface area contributed by atoms with Gasteiger partial charge in [-0.2, -0.15) is 0 Å². The van der Waals surface area contributed by atoms with E-state index in [2.05, 4.69) is 31.2 Å². The fourth-order valence-corrected chi connectivity index (χ4v) is 6.52. The zero-order valence-electron chi connectivity index (χ0n) is 22.7. The predicted molar refractivity (Wildman–Crippen MR) is 152 cm³/mol. The summed E-state index contributed by atoms with van der Waals surface area (Å²) in [4.78, 5) is 28.1. The minimum atomic E-state index is -0.640. The van der Waals surface area contributed by atoms with Crippen LogP contribution < -0.4 is 10.4 Å². The van der Waals surface area contributed by atoms with Crippen molar-refractivity contribution in [2.45, 2.75) is 64.6 Å². The van der Waals surface area contributed by atoms with Crippen LogP contribution in [0.15, 0.2) is 63.8 Å². The van der Waals surface area contributed by atoms with Crippen LogP contribution in [0.4, 0.5) is 0 Å². The summed E-state index contributed by atoms with van der Waals surface area (Å²) in [6.07, 6.45) is 4.52. The summed E-state index contributed by atoms with van der Waals surface area (Å²) in [5.74, 6) is 0.659. The molecule has 1 saturated carbocycles. The molecule has 0 radical (unpaired) electrons. The molecule has 1 aliphatic heterocycles. The van der Waals surface area contributed by atoms with Crippen molar-refractivity contribution in [3.8, 4) is 5.75 Å². The highest BCUT2D eigenvalue weighted by Gasteiger charge is 2.43. The van der Waals surface area contributed by atoms with Gasteiger partial charge in [0.1, 0.15) is 17.9 Å². The lowest BCUT2D eigenvalue weighted by Gasteiger charge is -2.47. The lowest BCUT2D eigenvalue weighted by atomic mass is 9.71. The molecular weight excluding hydrogens is 490 g/mol. The maximum Gasteiger partial charge on any atom is 0.340 e. The molecule has 6 rings (SSSR count). The zero-order valence-corrected chi connectivity index (χ0v) is 22.7. The average Bonchev–Trinajstić information content (AvgIpc) is 2.94. The minimum Gasteiger partial charge on any atom is -0.489 e. The van der Waals surface area contributed by atoms with Gasteiger partial charge in [-0.1, -0.05) is 49.2 Å². The molecule has 6 heteroatoms. The third-order valence-electron chi connectivity index (χ3n) is 9.03. The number of fused-ring (bicyclic) bond motifs is 3. The Kier molecular flexibility index (Phi) is 6.67. The van der Waals surface area contributed by atoms with Gasteiger partial charge in [0.05, 0.1) is 17.6 Å². The van der Waals surface area contributed by atoms with Crippen LogP contribution in [0.2, 0.25) is 0 Å². The maximum absolute atomic E-state index is 13.2. The van der Waals surface area contributed by atoms with Gasteiger partial charge in [-0.25, -0.2) is 4.79 Å². The standard InChI is InChI=1S/C33H35NO5/c1-21-10-11-23-7-3-4-9-27(23)29(21)20-38-25-12-13-26-22(2)28(32(36)39-30(26)17-25)18-31(35)34-16-15-33(37)14-6-5-8-24(33)19-34/h3-4,7,9-13,17,24,37H,5-6,8,14-16,18-20H2,1-2H3/t24-,33?/m0/s1. The highest BCUT2D eigenvalue weighted by atomic mass is 16.5. The van der Waals surface area contributed by atoms with Gasteiger partial charge < -0.3 is 19.2 Å². The fraction of sp³-hybridized carbons (Fsp3) is 0.394. The number of likely N-dealkylation sites (tertiary alicyclic amines) is 1. The fourth-order valence-electron chi connectivity index (χ4n) is 6.52. The summed E-state index contributed by atoms with van der Waals surface area (Å²) in [6.45, 7) is 5.44. The summed E-state index contributed by atoms with van der Waals surface area (Å²) >= 11 is 0. The molecular formula is C33H35NO5. The van der Waals surface area contributed by atoms with Gasteiger partial charge in [0, 0.05) is 36.0 Å². The van der Waals surface area contributed by atoms with Gasteiger partial charge in [0.2, 0.25) is 5.91 Å². The number of ether oxygens (including phenoxy) is 1. The van der Waals surface area contributed by atoms with E-state index in [0.717, 1.165) is 53.1 Å². The second-order valence-corrected chi connectivity index (χ2v) is 11.3. The van der Waals surface area contributed by atoms with Crippen LogP contribution in [0.25, 0.3) is 21.7 Å². The first kappa shape index (κ1) is 25.6. The number of hydrogen-bond acceptors (Lipinski definition) is 5. The number of benzene rings is 3. The smallest absolute Gasteiger partial charge is 0.340 e. The SMILES string of the molecule is Cc1ccc2ccccc2c1COc1ccc2c(C)c(CC(=O)N3CCC4(O)CCCC[C@H]4C3)c(=O)oc2c1. The van der Waals surface area contributed by atoms with E-state index in [1.807, 2.05) is 36.1 Å². The van der Waals surface area contributed by atoms with Crippen molar-refractivity contribution < 1.29 is 19.1 Å². The third-order valence-corrected chi connectivity index (χ3v) is 9.03. The Labute approximate surface area is 228 Å². The van der Waals surface area contributed by atoms with E-state index in [4.69, 9.17) is 9.15 Å².